The highest BCUT2D eigenvalue weighted by molar-refractivity contribution is 5.93. The molecule has 0 atom stereocenters. The minimum atomic E-state index is -0.295. The molecule has 0 fully saturated rings. The molecule has 63 valence electrons. The van der Waals surface area contributed by atoms with Gasteiger partial charge in [0.1, 0.15) is 0 Å². The van der Waals surface area contributed by atoms with Gasteiger partial charge >= 0.3 is 0 Å². The number of carbonyl (C=O) groups excluding carboxylic acids is 1. The highest BCUT2D eigenvalue weighted by Crippen LogP contribution is 1.94. The van der Waals surface area contributed by atoms with Crippen molar-refractivity contribution in [3.8, 4) is 0 Å². The van der Waals surface area contributed by atoms with Crippen molar-refractivity contribution in [1.29, 1.82) is 0 Å². The van der Waals surface area contributed by atoms with E-state index >= 15 is 0 Å². The maximum Gasteiger partial charge on any atom is 0.251 e. The topological polar surface area (TPSA) is 61.9 Å². The molecule has 0 aliphatic carbocycles. The Hall–Kier alpha value is -1.42. The number of rotatable bonds is 3. The van der Waals surface area contributed by atoms with Crippen molar-refractivity contribution in [1.82, 2.24) is 10.3 Å². The molecule has 1 aromatic heterocycles. The molecule has 1 rings (SSSR count). The van der Waals surface area contributed by atoms with Gasteiger partial charge in [0, 0.05) is 24.5 Å². The van der Waals surface area contributed by atoms with E-state index in [0.29, 0.717) is 5.56 Å². The lowest BCUT2D eigenvalue weighted by molar-refractivity contribution is 0.0933. The van der Waals surface area contributed by atoms with Gasteiger partial charge in [-0.2, -0.15) is 0 Å². The van der Waals surface area contributed by atoms with Gasteiger partial charge in [-0.1, -0.05) is 0 Å². The van der Waals surface area contributed by atoms with Crippen molar-refractivity contribution < 1.29 is 9.90 Å². The second-order valence-electron chi connectivity index (χ2n) is 2.20. The molecule has 4 nitrogen and oxygen atoms in total. The Morgan fingerprint density at radius 1 is 1.42 bits per heavy atom. The van der Waals surface area contributed by atoms with E-state index < -0.39 is 0 Å². The van der Waals surface area contributed by atoms with Crippen LogP contribution in [0.4, 0.5) is 0 Å². The molecule has 1 N–H and O–H groups in total. The summed E-state index contributed by atoms with van der Waals surface area (Å²) >= 11 is 0. The minimum Gasteiger partial charge on any atom is -0.350 e. The van der Waals surface area contributed by atoms with E-state index in [0.717, 1.165) is 0 Å². The first kappa shape index (κ1) is 8.67. The van der Waals surface area contributed by atoms with Crippen LogP contribution in [0.25, 0.3) is 0 Å². The van der Waals surface area contributed by atoms with Gasteiger partial charge in [-0.25, -0.2) is 5.11 Å². The highest BCUT2D eigenvalue weighted by Gasteiger charge is 2.01. The summed E-state index contributed by atoms with van der Waals surface area (Å²) in [5.74, 6) is -0.228. The number of carbonyl (C=O) groups is 1. The molecule has 12 heavy (non-hydrogen) atoms. The van der Waals surface area contributed by atoms with Crippen molar-refractivity contribution >= 4 is 5.91 Å². The van der Waals surface area contributed by atoms with Crippen molar-refractivity contribution in [2.45, 2.75) is 0 Å². The second kappa shape index (κ2) is 4.46. The molecule has 0 spiro atoms. The standard InChI is InChI=1S/C8H9N2O2/c11-6-5-10-8(12)7-1-3-9-4-2-7/h1-4H,5-6H2,(H,10,12). The fraction of sp³-hybridized carbons (Fsp3) is 0.250. The average Bonchev–Trinajstić information content (AvgIpc) is 2.15. The van der Waals surface area contributed by atoms with E-state index in [1.165, 1.54) is 12.4 Å². The zero-order valence-electron chi connectivity index (χ0n) is 6.49. The third-order valence-corrected chi connectivity index (χ3v) is 1.33. The number of aromatic nitrogens is 1. The molecule has 0 saturated carbocycles. The van der Waals surface area contributed by atoms with E-state index in [1.807, 2.05) is 0 Å². The lowest BCUT2D eigenvalue weighted by Crippen LogP contribution is -2.25. The third kappa shape index (κ3) is 2.32. The number of nitrogens with one attached hydrogen (secondary N) is 1. The van der Waals surface area contributed by atoms with Gasteiger partial charge in [-0.15, -0.1) is 0 Å². The van der Waals surface area contributed by atoms with Gasteiger partial charge in [0.2, 0.25) is 0 Å². The Bertz CT molecular complexity index is 248. The summed E-state index contributed by atoms with van der Waals surface area (Å²) in [7, 11) is 0. The average molecular weight is 165 g/mol. The van der Waals surface area contributed by atoms with Gasteiger partial charge in [0.15, 0.2) is 0 Å². The van der Waals surface area contributed by atoms with Crippen molar-refractivity contribution in [3.63, 3.8) is 0 Å². The van der Waals surface area contributed by atoms with Gasteiger partial charge in [-0.3, -0.25) is 9.78 Å². The summed E-state index contributed by atoms with van der Waals surface area (Å²) in [6.07, 6.45) is 3.07. The Labute approximate surface area is 70.3 Å². The van der Waals surface area contributed by atoms with E-state index in [-0.39, 0.29) is 19.1 Å². The van der Waals surface area contributed by atoms with Crippen molar-refractivity contribution in [2.24, 2.45) is 0 Å². The van der Waals surface area contributed by atoms with Gasteiger partial charge in [0.05, 0.1) is 6.61 Å². The van der Waals surface area contributed by atoms with Crippen LogP contribution in [0.1, 0.15) is 10.4 Å². The van der Waals surface area contributed by atoms with Crippen LogP contribution in [0, 0.1) is 0 Å². The van der Waals surface area contributed by atoms with Crippen LogP contribution in [-0.2, 0) is 5.11 Å². The second-order valence-corrected chi connectivity index (χ2v) is 2.20. The minimum absolute atomic E-state index is 0.168. The molecule has 0 aromatic carbocycles. The first-order chi connectivity index (χ1) is 5.84. The molecule has 4 heteroatoms. The van der Waals surface area contributed by atoms with Crippen LogP contribution in [-0.4, -0.2) is 24.0 Å². The monoisotopic (exact) mass is 165 g/mol. The number of nitrogens with zero attached hydrogens (tertiary/aromatic N) is 1. The van der Waals surface area contributed by atoms with Crippen molar-refractivity contribution in [3.05, 3.63) is 30.1 Å². The lowest BCUT2D eigenvalue weighted by Gasteiger charge is -2.00. The van der Waals surface area contributed by atoms with E-state index in [9.17, 15) is 9.90 Å². The first-order valence-electron chi connectivity index (χ1n) is 3.61. The molecule has 1 radical (unpaired) electrons. The Morgan fingerprint density at radius 2 is 2.08 bits per heavy atom. The van der Waals surface area contributed by atoms with Crippen molar-refractivity contribution in [2.75, 3.05) is 13.2 Å². The number of amides is 1. The molecule has 0 bridgehead atoms. The molecule has 1 heterocycles. The fourth-order valence-electron chi connectivity index (χ4n) is 0.770. The molecular formula is C8H9N2O2. The molecule has 1 amide bonds. The predicted octanol–water partition coefficient (Wildman–Crippen LogP) is 0.242. The summed E-state index contributed by atoms with van der Waals surface area (Å²) in [5, 5.41) is 12.5. The van der Waals surface area contributed by atoms with Crippen LogP contribution >= 0.6 is 0 Å². The van der Waals surface area contributed by atoms with Gasteiger partial charge in [-0.05, 0) is 12.1 Å². The normalized spacial score (nSPS) is 9.42. The maximum atomic E-state index is 11.1. The Kier molecular flexibility index (Phi) is 3.22. The fourth-order valence-corrected chi connectivity index (χ4v) is 0.770. The molecule has 0 aliphatic heterocycles. The van der Waals surface area contributed by atoms with Crippen LogP contribution in [0.5, 0.6) is 0 Å². The molecule has 0 unspecified atom stereocenters. The highest BCUT2D eigenvalue weighted by atomic mass is 16.3. The number of hydrogen-bond acceptors (Lipinski definition) is 2. The Morgan fingerprint density at radius 3 is 2.67 bits per heavy atom. The van der Waals surface area contributed by atoms with Gasteiger partial charge in [0.25, 0.3) is 5.91 Å². The van der Waals surface area contributed by atoms with Crippen LogP contribution < -0.4 is 5.32 Å². The zero-order valence-corrected chi connectivity index (χ0v) is 6.49. The number of hydrogen-bond donors (Lipinski definition) is 1. The largest absolute Gasteiger partial charge is 0.350 e. The summed E-state index contributed by atoms with van der Waals surface area (Å²) < 4.78 is 0. The Balaban J connectivity index is 2.54. The van der Waals surface area contributed by atoms with E-state index in [4.69, 9.17) is 0 Å². The smallest absolute Gasteiger partial charge is 0.251 e. The summed E-state index contributed by atoms with van der Waals surface area (Å²) in [5.41, 5.74) is 0.526. The lowest BCUT2D eigenvalue weighted by atomic mass is 10.2. The quantitative estimate of drug-likeness (QED) is 0.697. The molecule has 1 aromatic rings. The summed E-state index contributed by atoms with van der Waals surface area (Å²) in [6.45, 7) is -0.127. The van der Waals surface area contributed by atoms with E-state index in [1.54, 1.807) is 12.1 Å². The predicted molar refractivity (Wildman–Crippen MR) is 42.1 cm³/mol. The SMILES string of the molecule is [O]CCNC(=O)c1ccncc1. The third-order valence-electron chi connectivity index (χ3n) is 1.33. The van der Waals surface area contributed by atoms with Crippen LogP contribution in [0.3, 0.4) is 0 Å². The molecule has 0 saturated heterocycles. The van der Waals surface area contributed by atoms with E-state index in [2.05, 4.69) is 10.3 Å². The molecule has 0 aliphatic rings. The summed E-state index contributed by atoms with van der Waals surface area (Å²) in [4.78, 5) is 14.9. The summed E-state index contributed by atoms with van der Waals surface area (Å²) in [6, 6.07) is 3.19. The van der Waals surface area contributed by atoms with Crippen LogP contribution in [0.2, 0.25) is 0 Å². The maximum absolute atomic E-state index is 11.1. The molecular weight excluding hydrogens is 156 g/mol. The van der Waals surface area contributed by atoms with Crippen LogP contribution in [0.15, 0.2) is 24.5 Å². The zero-order chi connectivity index (χ0) is 8.81. The van der Waals surface area contributed by atoms with Gasteiger partial charge < -0.3 is 5.32 Å². The first-order valence-corrected chi connectivity index (χ1v) is 3.61. The number of pyridine rings is 1.